The average Bonchev–Trinajstić information content (AvgIpc) is 1.41. The molecule has 0 aliphatic heterocycles. The molecule has 0 aliphatic carbocycles. The minimum absolute atomic E-state index is 0. The minimum atomic E-state index is -1.50. The first-order valence-corrected chi connectivity index (χ1v) is 2.36. The van der Waals surface area contributed by atoms with Gasteiger partial charge in [0.15, 0.2) is 0 Å². The summed E-state index contributed by atoms with van der Waals surface area (Å²) >= 11 is 0.0556. The Morgan fingerprint density at radius 3 is 1.57 bits per heavy atom. The molecule has 0 aromatic rings. The Hall–Kier alpha value is -0.157. The maximum atomic E-state index is 8.39. The van der Waals surface area contributed by atoms with Crippen LogP contribution in [0, 0.1) is 10.1 Å². The monoisotopic (exact) mass is 307 g/mol. The van der Waals surface area contributed by atoms with Gasteiger partial charge in [-0.25, -0.2) is 0 Å². The van der Waals surface area contributed by atoms with Crippen molar-refractivity contribution < 1.29 is 18.6 Å². The van der Waals surface area contributed by atoms with E-state index in [0.717, 1.165) is 0 Å². The van der Waals surface area contributed by atoms with Crippen molar-refractivity contribution in [2.75, 3.05) is 0 Å². The summed E-state index contributed by atoms with van der Waals surface area (Å²) in [6.45, 7) is 0. The molecule has 44 valence electrons. The van der Waals surface area contributed by atoms with Crippen molar-refractivity contribution >= 4 is 24.7 Å². The Morgan fingerprint density at radius 2 is 1.57 bits per heavy atom. The summed E-state index contributed by atoms with van der Waals surface area (Å²) in [6, 6.07) is 0. The van der Waals surface area contributed by atoms with Gasteiger partial charge in [-0.15, -0.1) is 10.1 Å². The van der Waals surface area contributed by atoms with Crippen LogP contribution in [0.15, 0.2) is 0 Å². The van der Waals surface area contributed by atoms with Crippen molar-refractivity contribution in [2.45, 2.75) is 0 Å². The predicted molar refractivity (Wildman–Crippen MR) is 20.2 cm³/mol. The van der Waals surface area contributed by atoms with Gasteiger partial charge in [-0.05, 0) is 0 Å². The molecule has 0 spiro atoms. The average molecular weight is 307 g/mol. The van der Waals surface area contributed by atoms with E-state index >= 15 is 0 Å². The molecule has 7 heavy (non-hydrogen) atoms. The normalized spacial score (nSPS) is 4.00. The summed E-state index contributed by atoms with van der Waals surface area (Å²) < 4.78 is 8.39. The van der Waals surface area contributed by atoms with Crippen LogP contribution in [0.1, 0.15) is 0 Å². The van der Waals surface area contributed by atoms with Crippen LogP contribution in [-0.4, -0.2) is 40.5 Å². The van der Waals surface area contributed by atoms with Gasteiger partial charge in [0.25, 0.3) is 5.09 Å². The molecule has 0 aromatic carbocycles. The molecule has 0 amide bonds. The molecule has 7 heteroatoms. The van der Waals surface area contributed by atoms with Crippen LogP contribution < -0.4 is 0 Å². The summed E-state index contributed by atoms with van der Waals surface area (Å²) in [5.41, 5.74) is 0. The molecule has 6 nitrogen and oxygen atoms in total. The summed E-state index contributed by atoms with van der Waals surface area (Å²) in [5.74, 6) is 0. The van der Waals surface area contributed by atoms with E-state index in [1.165, 1.54) is 0 Å². The van der Waals surface area contributed by atoms with E-state index in [4.69, 9.17) is 18.1 Å². The quantitative estimate of drug-likeness (QED) is 0.319. The molecule has 0 saturated carbocycles. The third-order valence-electron chi connectivity index (χ3n) is 0. The van der Waals surface area contributed by atoms with Crippen molar-refractivity contribution in [3.63, 3.8) is 0 Å². The summed E-state index contributed by atoms with van der Waals surface area (Å²) in [7, 11) is 0. The van der Waals surface area contributed by atoms with Gasteiger partial charge in [0.05, 0.1) is 0 Å². The molecule has 0 aliphatic rings. The summed E-state index contributed by atoms with van der Waals surface area (Å²) in [6.07, 6.45) is 0. The molecule has 0 unspecified atom stereocenters. The van der Waals surface area contributed by atoms with Gasteiger partial charge in [0, 0.05) is 0 Å². The van der Waals surface area contributed by atoms with Gasteiger partial charge in [-0.2, -0.15) is 0 Å². The molecule has 0 atom stereocenters. The Bertz CT molecular complexity index is 39.3. The van der Waals surface area contributed by atoms with Gasteiger partial charge in [0.1, 0.15) is 0 Å². The van der Waals surface area contributed by atoms with E-state index in [1.807, 2.05) is 0 Å². The van der Waals surface area contributed by atoms with E-state index < -0.39 is 5.09 Å². The van der Waals surface area contributed by atoms with E-state index in [1.54, 1.807) is 0 Å². The second kappa shape index (κ2) is 17.0. The zero-order chi connectivity index (χ0) is 5.58. The molecular weight excluding hydrogens is 303 g/mol. The van der Waals surface area contributed by atoms with Crippen molar-refractivity contribution in [3.05, 3.63) is 10.1 Å². The maximum absolute atomic E-state index is 8.39. The Kier molecular flexibility index (Phi) is 38.3. The van der Waals surface area contributed by atoms with Crippen LogP contribution in [0.5, 0.6) is 0 Å². The number of nitrogens with zero attached hydrogens (tertiary/aromatic N) is 1. The van der Waals surface area contributed by atoms with Crippen LogP contribution in [0.2, 0.25) is 0 Å². The van der Waals surface area contributed by atoms with E-state index in [9.17, 15) is 0 Å². The molecular formula is H4BiNO5. The fraction of sp³-hybridized carbons (Fsp3) is 0. The van der Waals surface area contributed by atoms with E-state index in [-0.39, 0.29) is 30.2 Å². The molecule has 0 aromatic heterocycles. The Morgan fingerprint density at radius 1 is 1.57 bits per heavy atom. The Labute approximate surface area is 53.8 Å². The van der Waals surface area contributed by atoms with Crippen LogP contribution in [0.25, 0.3) is 0 Å². The summed E-state index contributed by atoms with van der Waals surface area (Å²) in [4.78, 5) is 8.36. The molecule has 0 radical (unpaired) electrons. The van der Waals surface area contributed by atoms with Crippen molar-refractivity contribution in [2.24, 2.45) is 0 Å². The number of hydrogen-bond donors (Lipinski definition) is 1. The SMILES string of the molecule is O.O=[N+]([O-])O.[O]=[BiH]. The fourth-order valence-electron chi connectivity index (χ4n) is 0. The molecule has 0 saturated heterocycles. The molecule has 0 heterocycles. The second-order valence-corrected chi connectivity index (χ2v) is 0.238. The number of rotatable bonds is 0. The molecule has 3 N–H and O–H groups in total. The number of hydrogen-bond acceptors (Lipinski definition) is 3. The first-order valence-electron chi connectivity index (χ1n) is 0.769. The van der Waals surface area contributed by atoms with Crippen LogP contribution in [0.4, 0.5) is 0 Å². The van der Waals surface area contributed by atoms with Gasteiger partial charge in [-0.3, -0.25) is 0 Å². The standard InChI is InChI=1S/Bi.HNO3.H2O.O.H/c;2-1(3)4;;;/h;(H,2,3,4);1H2;;. The zero-order valence-corrected chi connectivity index (χ0v) is 7.01. The van der Waals surface area contributed by atoms with Crippen molar-refractivity contribution in [1.29, 1.82) is 0 Å². The van der Waals surface area contributed by atoms with Gasteiger partial charge in [0.2, 0.25) is 0 Å². The second-order valence-electron chi connectivity index (χ2n) is 0.238. The first-order chi connectivity index (χ1) is 2.73. The van der Waals surface area contributed by atoms with Crippen LogP contribution in [-0.2, 0) is 2.81 Å². The molecule has 0 fully saturated rings. The predicted octanol–water partition coefficient (Wildman–Crippen LogP) is -1.94. The van der Waals surface area contributed by atoms with Crippen LogP contribution in [0.3, 0.4) is 0 Å². The van der Waals surface area contributed by atoms with Crippen molar-refractivity contribution in [3.8, 4) is 0 Å². The fourth-order valence-corrected chi connectivity index (χ4v) is 0. The van der Waals surface area contributed by atoms with Crippen LogP contribution >= 0.6 is 0 Å². The Balaban J connectivity index is -0.0000000480. The third-order valence-corrected chi connectivity index (χ3v) is 0. The van der Waals surface area contributed by atoms with Gasteiger partial charge in [-0.1, -0.05) is 0 Å². The van der Waals surface area contributed by atoms with E-state index in [2.05, 4.69) is 0 Å². The zero-order valence-electron chi connectivity index (χ0n) is 3.12. The van der Waals surface area contributed by atoms with Crippen molar-refractivity contribution in [1.82, 2.24) is 0 Å². The summed E-state index contributed by atoms with van der Waals surface area (Å²) in [5, 5.41) is 13.6. The first kappa shape index (κ1) is 15.8. The van der Waals surface area contributed by atoms with Gasteiger partial charge < -0.3 is 10.7 Å². The molecule has 0 bridgehead atoms. The van der Waals surface area contributed by atoms with E-state index in [0.29, 0.717) is 0 Å². The van der Waals surface area contributed by atoms with Gasteiger partial charge >= 0.3 is 27.5 Å². The third kappa shape index (κ3) is 3510. The molecule has 0 rings (SSSR count). The topological polar surface area (TPSA) is 112 Å².